The first-order chi connectivity index (χ1) is 15.5. The van der Waals surface area contributed by atoms with Crippen LogP contribution in [0.1, 0.15) is 29.2 Å². The van der Waals surface area contributed by atoms with E-state index in [9.17, 15) is 4.79 Å². The van der Waals surface area contributed by atoms with Crippen LogP contribution in [-0.4, -0.2) is 23.7 Å². The van der Waals surface area contributed by atoms with Crippen LogP contribution in [0.2, 0.25) is 0 Å². The Morgan fingerprint density at radius 3 is 2.78 bits per heavy atom. The second-order valence-corrected chi connectivity index (χ2v) is 9.75. The molecule has 3 aromatic carbocycles. The Labute approximate surface area is 201 Å². The van der Waals surface area contributed by atoms with Crippen LogP contribution in [0.25, 0.3) is 0 Å². The quantitative estimate of drug-likeness (QED) is 0.450. The van der Waals surface area contributed by atoms with Crippen molar-refractivity contribution >= 4 is 49.2 Å². The highest BCUT2D eigenvalue weighted by atomic mass is 79.9. The predicted octanol–water partition coefficient (Wildman–Crippen LogP) is 5.57. The highest BCUT2D eigenvalue weighted by Gasteiger charge is 2.61. The van der Waals surface area contributed by atoms with Crippen LogP contribution in [0.15, 0.2) is 74.7 Å². The molecule has 0 radical (unpaired) electrons. The van der Waals surface area contributed by atoms with E-state index in [4.69, 9.17) is 14.6 Å². The minimum Gasteiger partial charge on any atom is -0.497 e. The number of methoxy groups -OCH3 is 1. The van der Waals surface area contributed by atoms with E-state index in [2.05, 4.69) is 37.2 Å². The average Bonchev–Trinajstić information content (AvgIpc) is 3.36. The standard InChI is InChI=1S/C24H17Br2N3O3/c1-31-16-4-2-3-13(9-16)20-12-21-17-10-14(25)6-8-22(17)32-24(29(21)28-20)18-11-15(26)5-7-19(18)27-23(24)30/h2-11,21H,12H2,1H3,(H,27,30)/t21-,24+/m1/s1. The van der Waals surface area contributed by atoms with Crippen molar-refractivity contribution in [2.45, 2.75) is 18.2 Å². The normalized spacial score (nSPS) is 22.6. The summed E-state index contributed by atoms with van der Waals surface area (Å²) >= 11 is 7.12. The lowest BCUT2D eigenvalue weighted by Crippen LogP contribution is -2.55. The summed E-state index contributed by atoms with van der Waals surface area (Å²) in [5.41, 5.74) is 2.90. The van der Waals surface area contributed by atoms with Crippen LogP contribution in [0.3, 0.4) is 0 Å². The van der Waals surface area contributed by atoms with Gasteiger partial charge >= 0.3 is 5.72 Å². The zero-order chi connectivity index (χ0) is 22.0. The molecule has 3 heterocycles. The van der Waals surface area contributed by atoms with E-state index < -0.39 is 5.72 Å². The fraction of sp³-hybridized carbons (Fsp3) is 0.167. The van der Waals surface area contributed by atoms with Crippen LogP contribution in [0.4, 0.5) is 5.69 Å². The summed E-state index contributed by atoms with van der Waals surface area (Å²) in [6, 6.07) is 19.2. The molecule has 0 fully saturated rings. The van der Waals surface area contributed by atoms with Crippen LogP contribution < -0.4 is 14.8 Å². The molecule has 1 spiro atoms. The van der Waals surface area contributed by atoms with Gasteiger partial charge in [-0.15, -0.1) is 0 Å². The molecule has 0 aromatic heterocycles. The number of hydrogen-bond acceptors (Lipinski definition) is 5. The van der Waals surface area contributed by atoms with Crippen LogP contribution in [-0.2, 0) is 10.5 Å². The maximum atomic E-state index is 13.5. The molecule has 1 N–H and O–H groups in total. The van der Waals surface area contributed by atoms with Gasteiger partial charge in [-0.1, -0.05) is 44.0 Å². The third-order valence-electron chi connectivity index (χ3n) is 6.13. The summed E-state index contributed by atoms with van der Waals surface area (Å²) in [7, 11) is 1.65. The van der Waals surface area contributed by atoms with E-state index in [1.807, 2.05) is 65.7 Å². The third kappa shape index (κ3) is 2.75. The Hall–Kier alpha value is -2.84. The minimum atomic E-state index is -1.38. The van der Waals surface area contributed by atoms with Gasteiger partial charge in [0.05, 0.1) is 30.1 Å². The number of hydrazone groups is 1. The number of nitrogens with one attached hydrogen (secondary N) is 1. The number of amides is 1. The lowest BCUT2D eigenvalue weighted by atomic mass is 9.92. The van der Waals surface area contributed by atoms with E-state index in [1.165, 1.54) is 0 Å². The molecule has 0 unspecified atom stereocenters. The van der Waals surface area contributed by atoms with Gasteiger partial charge in [0.2, 0.25) is 0 Å². The molecule has 8 heteroatoms. The molecule has 3 aromatic rings. The van der Waals surface area contributed by atoms with Crippen molar-refractivity contribution in [3.05, 3.63) is 86.3 Å². The number of benzene rings is 3. The molecule has 0 aliphatic carbocycles. The number of halogens is 2. The number of rotatable bonds is 2. The Bertz CT molecular complexity index is 1330. The third-order valence-corrected chi connectivity index (χ3v) is 7.11. The number of anilines is 1. The Kier molecular flexibility index (Phi) is 4.39. The van der Waals surface area contributed by atoms with E-state index in [0.29, 0.717) is 12.2 Å². The highest BCUT2D eigenvalue weighted by molar-refractivity contribution is 9.10. The Balaban J connectivity index is 1.57. The van der Waals surface area contributed by atoms with Crippen molar-refractivity contribution in [3.63, 3.8) is 0 Å². The van der Waals surface area contributed by atoms with Gasteiger partial charge in [0.25, 0.3) is 5.91 Å². The van der Waals surface area contributed by atoms with Crippen LogP contribution >= 0.6 is 31.9 Å². The van der Waals surface area contributed by atoms with E-state index in [-0.39, 0.29) is 11.9 Å². The molecule has 160 valence electrons. The van der Waals surface area contributed by atoms with E-state index in [1.54, 1.807) is 7.11 Å². The van der Waals surface area contributed by atoms with Crippen LogP contribution in [0, 0.1) is 0 Å². The van der Waals surface area contributed by atoms with Gasteiger partial charge in [-0.2, -0.15) is 5.10 Å². The molecule has 6 rings (SSSR count). The summed E-state index contributed by atoms with van der Waals surface area (Å²) < 4.78 is 13.7. The highest BCUT2D eigenvalue weighted by Crippen LogP contribution is 2.54. The molecular formula is C24H17Br2N3O3. The largest absolute Gasteiger partial charge is 0.497 e. The monoisotopic (exact) mass is 553 g/mol. The molecular weight excluding hydrogens is 538 g/mol. The first kappa shape index (κ1) is 19.8. The van der Waals surface area contributed by atoms with Gasteiger partial charge in [0, 0.05) is 26.5 Å². The molecule has 2 atom stereocenters. The van der Waals surface area contributed by atoms with Crippen molar-refractivity contribution < 1.29 is 14.3 Å². The Morgan fingerprint density at radius 2 is 1.94 bits per heavy atom. The SMILES string of the molecule is COc1cccc(C2=NN3[C@H](C2)c2cc(Br)ccc2O[C@@]32C(=O)Nc3ccc(Br)cc32)c1. The number of carbonyl (C=O) groups is 1. The van der Waals surface area contributed by atoms with Gasteiger partial charge in [-0.05, 0) is 48.5 Å². The summed E-state index contributed by atoms with van der Waals surface area (Å²) in [6.45, 7) is 0. The number of nitrogens with zero attached hydrogens (tertiary/aromatic N) is 2. The summed E-state index contributed by atoms with van der Waals surface area (Å²) in [5.74, 6) is 1.19. The molecule has 0 saturated heterocycles. The minimum absolute atomic E-state index is 0.159. The van der Waals surface area contributed by atoms with E-state index >= 15 is 0 Å². The smallest absolute Gasteiger partial charge is 0.306 e. The predicted molar refractivity (Wildman–Crippen MR) is 128 cm³/mol. The first-order valence-electron chi connectivity index (χ1n) is 10.1. The van der Waals surface area contributed by atoms with Crippen molar-refractivity contribution in [1.82, 2.24) is 5.01 Å². The molecule has 3 aliphatic heterocycles. The molecule has 0 bridgehead atoms. The zero-order valence-corrected chi connectivity index (χ0v) is 20.1. The van der Waals surface area contributed by atoms with Crippen molar-refractivity contribution in [2.24, 2.45) is 5.10 Å². The first-order valence-corrected chi connectivity index (χ1v) is 11.7. The molecule has 6 nitrogen and oxygen atoms in total. The van der Waals surface area contributed by atoms with E-state index in [0.717, 1.165) is 42.8 Å². The van der Waals surface area contributed by atoms with Gasteiger partial charge in [-0.3, -0.25) is 4.79 Å². The van der Waals surface area contributed by atoms with Crippen molar-refractivity contribution in [1.29, 1.82) is 0 Å². The molecule has 0 saturated carbocycles. The second-order valence-electron chi connectivity index (χ2n) is 7.92. The second kappa shape index (κ2) is 7.08. The maximum absolute atomic E-state index is 13.5. The lowest BCUT2D eigenvalue weighted by Gasteiger charge is -2.44. The van der Waals surface area contributed by atoms with Gasteiger partial charge in [0.1, 0.15) is 11.5 Å². The van der Waals surface area contributed by atoms with Gasteiger partial charge < -0.3 is 14.8 Å². The molecule has 1 amide bonds. The topological polar surface area (TPSA) is 63.2 Å². The summed E-state index contributed by atoms with van der Waals surface area (Å²) in [5, 5.41) is 9.79. The number of carbonyl (C=O) groups excluding carboxylic acids is 1. The molecule has 3 aliphatic rings. The molecule has 32 heavy (non-hydrogen) atoms. The number of hydrogen-bond donors (Lipinski definition) is 1. The number of ether oxygens (including phenoxy) is 2. The van der Waals surface area contributed by atoms with Gasteiger partial charge in [0.15, 0.2) is 0 Å². The van der Waals surface area contributed by atoms with Crippen molar-refractivity contribution in [3.8, 4) is 11.5 Å². The fourth-order valence-corrected chi connectivity index (χ4v) is 5.40. The van der Waals surface area contributed by atoms with Crippen LogP contribution in [0.5, 0.6) is 11.5 Å². The summed E-state index contributed by atoms with van der Waals surface area (Å²) in [6.07, 6.45) is 0.637. The lowest BCUT2D eigenvalue weighted by molar-refractivity contribution is -0.161. The fourth-order valence-electron chi connectivity index (χ4n) is 4.66. The van der Waals surface area contributed by atoms with Gasteiger partial charge in [-0.25, -0.2) is 5.01 Å². The zero-order valence-electron chi connectivity index (χ0n) is 16.9. The number of fused-ring (bicyclic) bond motifs is 6. The summed E-state index contributed by atoms with van der Waals surface area (Å²) in [4.78, 5) is 13.5. The maximum Gasteiger partial charge on any atom is 0.306 e. The average molecular weight is 555 g/mol. The Morgan fingerprint density at radius 1 is 1.12 bits per heavy atom. The van der Waals surface area contributed by atoms with Crippen molar-refractivity contribution in [2.75, 3.05) is 12.4 Å².